The van der Waals surface area contributed by atoms with E-state index in [2.05, 4.69) is 16.1 Å². The fourth-order valence-electron chi connectivity index (χ4n) is 3.39. The lowest BCUT2D eigenvalue weighted by Gasteiger charge is -2.12. The molecule has 0 unspecified atom stereocenters. The Hall–Kier alpha value is -2.64. The van der Waals surface area contributed by atoms with Gasteiger partial charge in [-0.15, -0.1) is 6.58 Å². The number of nitrogens with zero attached hydrogens (tertiary/aromatic N) is 3. The van der Waals surface area contributed by atoms with Crippen molar-refractivity contribution < 1.29 is 9.90 Å². The molecule has 0 fully saturated rings. The number of thioether (sulfide) groups is 1. The summed E-state index contributed by atoms with van der Waals surface area (Å²) in [6, 6.07) is 9.07. The van der Waals surface area contributed by atoms with Crippen LogP contribution in [0.1, 0.15) is 28.2 Å². The molecular weight excluding hydrogens is 386 g/mol. The molecule has 0 saturated carbocycles. The zero-order chi connectivity index (χ0) is 21.0. The number of carbonyl (C=O) groups is 1. The van der Waals surface area contributed by atoms with Crippen LogP contribution in [0.25, 0.3) is 10.9 Å². The minimum Gasteiger partial charge on any atom is -0.396 e. The number of aliphatic hydroxyl groups excluding tert-OH is 1. The number of para-hydroxylation sites is 1. The largest absolute Gasteiger partial charge is 0.396 e. The van der Waals surface area contributed by atoms with Gasteiger partial charge in [0.15, 0.2) is 10.9 Å². The second-order valence-corrected chi connectivity index (χ2v) is 7.78. The number of allylic oxidation sites excluding steroid dienone is 1. The van der Waals surface area contributed by atoms with Crippen molar-refractivity contribution in [3.05, 3.63) is 70.3 Å². The highest BCUT2D eigenvalue weighted by molar-refractivity contribution is 7.99. The van der Waals surface area contributed by atoms with Gasteiger partial charge in [-0.05, 0) is 38.5 Å². The Labute approximate surface area is 173 Å². The van der Waals surface area contributed by atoms with Crippen LogP contribution in [0.5, 0.6) is 0 Å². The number of fused-ring (bicyclic) bond motifs is 1. The highest BCUT2D eigenvalue weighted by atomic mass is 32.2. The molecule has 0 aliphatic rings. The maximum Gasteiger partial charge on any atom is 0.262 e. The van der Waals surface area contributed by atoms with Gasteiger partial charge >= 0.3 is 0 Å². The summed E-state index contributed by atoms with van der Waals surface area (Å²) in [5.41, 5.74) is 3.07. The van der Waals surface area contributed by atoms with E-state index in [0.29, 0.717) is 41.1 Å². The monoisotopic (exact) mass is 411 g/mol. The number of ketones is 1. The zero-order valence-electron chi connectivity index (χ0n) is 16.7. The molecule has 1 aromatic carbocycles. The molecule has 3 aromatic rings. The van der Waals surface area contributed by atoms with Crippen molar-refractivity contribution in [2.45, 2.75) is 38.5 Å². The Morgan fingerprint density at radius 1 is 1.28 bits per heavy atom. The molecule has 0 bridgehead atoms. The molecule has 7 heteroatoms. The summed E-state index contributed by atoms with van der Waals surface area (Å²) in [6.07, 6.45) is 2.26. The van der Waals surface area contributed by atoms with Crippen LogP contribution in [0.2, 0.25) is 0 Å². The third-order valence-corrected chi connectivity index (χ3v) is 5.86. The van der Waals surface area contributed by atoms with Crippen LogP contribution in [-0.2, 0) is 13.1 Å². The third kappa shape index (κ3) is 4.36. The van der Waals surface area contributed by atoms with Crippen molar-refractivity contribution in [3.8, 4) is 0 Å². The molecule has 6 nitrogen and oxygen atoms in total. The van der Waals surface area contributed by atoms with Crippen molar-refractivity contribution in [3.63, 3.8) is 0 Å². The summed E-state index contributed by atoms with van der Waals surface area (Å²) in [5, 5.41) is 10.2. The van der Waals surface area contributed by atoms with Crippen molar-refractivity contribution in [1.29, 1.82) is 0 Å². The normalized spacial score (nSPS) is 11.1. The van der Waals surface area contributed by atoms with Gasteiger partial charge in [-0.1, -0.05) is 30.0 Å². The van der Waals surface area contributed by atoms with E-state index in [0.717, 1.165) is 11.4 Å². The van der Waals surface area contributed by atoms with Crippen molar-refractivity contribution in [2.75, 3.05) is 12.4 Å². The molecule has 1 N–H and O–H groups in total. The van der Waals surface area contributed by atoms with E-state index < -0.39 is 0 Å². The van der Waals surface area contributed by atoms with Crippen LogP contribution >= 0.6 is 11.8 Å². The van der Waals surface area contributed by atoms with Crippen LogP contribution in [-0.4, -0.2) is 37.4 Å². The molecule has 2 aromatic heterocycles. The van der Waals surface area contributed by atoms with Gasteiger partial charge in [0.05, 0.1) is 16.7 Å². The first-order chi connectivity index (χ1) is 14.0. The number of carbonyl (C=O) groups excluding carboxylic acids is 1. The van der Waals surface area contributed by atoms with Gasteiger partial charge in [-0.25, -0.2) is 4.98 Å². The first-order valence-electron chi connectivity index (χ1n) is 9.52. The lowest BCUT2D eigenvalue weighted by atomic mass is 10.2. The molecule has 3 rings (SSSR count). The van der Waals surface area contributed by atoms with Gasteiger partial charge in [0.2, 0.25) is 0 Å². The summed E-state index contributed by atoms with van der Waals surface area (Å²) < 4.78 is 3.61. The number of hydrogen-bond donors (Lipinski definition) is 1. The van der Waals surface area contributed by atoms with Gasteiger partial charge in [-0.2, -0.15) is 0 Å². The Morgan fingerprint density at radius 2 is 2.03 bits per heavy atom. The van der Waals surface area contributed by atoms with E-state index in [1.54, 1.807) is 22.8 Å². The number of rotatable bonds is 9. The summed E-state index contributed by atoms with van der Waals surface area (Å²) in [5.74, 6) is 0.178. The molecule has 0 aliphatic carbocycles. The van der Waals surface area contributed by atoms with Crippen molar-refractivity contribution in [1.82, 2.24) is 14.1 Å². The second-order valence-electron chi connectivity index (χ2n) is 6.84. The molecular formula is C22H25N3O3S. The summed E-state index contributed by atoms with van der Waals surface area (Å²) in [4.78, 5) is 30.3. The highest BCUT2D eigenvalue weighted by Gasteiger charge is 2.18. The van der Waals surface area contributed by atoms with Crippen LogP contribution < -0.4 is 5.56 Å². The quantitative estimate of drug-likeness (QED) is 0.253. The SMILES string of the molecule is C=CCn1c(C)cc(C(=O)CSc2nc3ccccc3c(=O)n2CCCO)c1C. The van der Waals surface area contributed by atoms with Gasteiger partial charge in [0.25, 0.3) is 5.56 Å². The number of Topliss-reactive ketones (excluding diaryl/α,β-unsaturated/α-hetero) is 1. The van der Waals surface area contributed by atoms with Crippen molar-refractivity contribution >= 4 is 28.4 Å². The summed E-state index contributed by atoms with van der Waals surface area (Å²) in [7, 11) is 0. The van der Waals surface area contributed by atoms with Gasteiger partial charge in [-0.3, -0.25) is 14.2 Å². The predicted octanol–water partition coefficient (Wildman–Crippen LogP) is 3.36. The average Bonchev–Trinajstić information content (AvgIpc) is 3.00. The second kappa shape index (κ2) is 9.24. The third-order valence-electron chi connectivity index (χ3n) is 4.88. The van der Waals surface area contributed by atoms with Crippen LogP contribution in [0.4, 0.5) is 0 Å². The maximum absolute atomic E-state index is 12.9. The Kier molecular flexibility index (Phi) is 6.71. The van der Waals surface area contributed by atoms with E-state index in [1.807, 2.05) is 32.1 Å². The van der Waals surface area contributed by atoms with E-state index in [4.69, 9.17) is 0 Å². The first-order valence-corrected chi connectivity index (χ1v) is 10.5. The summed E-state index contributed by atoms with van der Waals surface area (Å²) in [6.45, 7) is 8.67. The molecule has 0 spiro atoms. The Morgan fingerprint density at radius 3 is 2.76 bits per heavy atom. The highest BCUT2D eigenvalue weighted by Crippen LogP contribution is 2.22. The van der Waals surface area contributed by atoms with Crippen LogP contribution in [0.3, 0.4) is 0 Å². The molecule has 2 heterocycles. The Bertz CT molecular complexity index is 1110. The summed E-state index contributed by atoms with van der Waals surface area (Å²) >= 11 is 1.26. The minimum absolute atomic E-state index is 0.00507. The molecule has 0 saturated heterocycles. The van der Waals surface area contributed by atoms with Gasteiger partial charge in [0.1, 0.15) is 0 Å². The number of hydrogen-bond acceptors (Lipinski definition) is 5. The lowest BCUT2D eigenvalue weighted by molar-refractivity contribution is 0.102. The predicted molar refractivity (Wildman–Crippen MR) is 117 cm³/mol. The fraction of sp³-hybridized carbons (Fsp3) is 0.318. The molecule has 29 heavy (non-hydrogen) atoms. The number of aliphatic hydroxyl groups is 1. The van der Waals surface area contributed by atoms with E-state index in [1.165, 1.54) is 11.8 Å². The van der Waals surface area contributed by atoms with Gasteiger partial charge in [0, 0.05) is 36.6 Å². The fourth-order valence-corrected chi connectivity index (χ4v) is 4.29. The average molecular weight is 412 g/mol. The topological polar surface area (TPSA) is 77.1 Å². The molecule has 0 aliphatic heterocycles. The van der Waals surface area contributed by atoms with Gasteiger partial charge < -0.3 is 9.67 Å². The standard InChI is InChI=1S/C22H25N3O3S/c1-4-10-24-15(2)13-18(16(24)3)20(27)14-29-22-23-19-9-6-5-8-17(19)21(28)25(22)11-7-12-26/h4-6,8-9,13,26H,1,7,10-12,14H2,2-3H3. The smallest absolute Gasteiger partial charge is 0.262 e. The minimum atomic E-state index is -0.150. The molecule has 152 valence electrons. The lowest BCUT2D eigenvalue weighted by Crippen LogP contribution is -2.24. The van der Waals surface area contributed by atoms with Crippen LogP contribution in [0.15, 0.2) is 52.9 Å². The van der Waals surface area contributed by atoms with E-state index in [-0.39, 0.29) is 23.7 Å². The van der Waals surface area contributed by atoms with Crippen molar-refractivity contribution in [2.24, 2.45) is 0 Å². The molecule has 0 atom stereocenters. The number of aromatic nitrogens is 3. The molecule has 0 amide bonds. The molecule has 0 radical (unpaired) electrons. The zero-order valence-corrected chi connectivity index (χ0v) is 17.5. The maximum atomic E-state index is 12.9. The number of aryl methyl sites for hydroxylation is 1. The first kappa shape index (κ1) is 21.1. The Balaban J connectivity index is 1.90. The number of benzene rings is 1. The van der Waals surface area contributed by atoms with Crippen LogP contribution in [0, 0.1) is 13.8 Å². The van der Waals surface area contributed by atoms with E-state index in [9.17, 15) is 14.7 Å². The van der Waals surface area contributed by atoms with E-state index >= 15 is 0 Å².